The highest BCUT2D eigenvalue weighted by Gasteiger charge is 2.21. The molecule has 1 aromatic carbocycles. The molecule has 0 bridgehead atoms. The molecular weight excluding hydrogens is 288 g/mol. The highest BCUT2D eigenvalue weighted by molar-refractivity contribution is 7.90. The van der Waals surface area contributed by atoms with Crippen LogP contribution in [-0.4, -0.2) is 18.0 Å². The van der Waals surface area contributed by atoms with Crippen molar-refractivity contribution < 1.29 is 8.42 Å². The Morgan fingerprint density at radius 3 is 2.48 bits per heavy atom. The van der Waals surface area contributed by atoms with Gasteiger partial charge in [0.05, 0.1) is 5.75 Å². The first-order valence-corrected chi connectivity index (χ1v) is 8.43. The summed E-state index contributed by atoms with van der Waals surface area (Å²) in [6.45, 7) is 4.34. The summed E-state index contributed by atoms with van der Waals surface area (Å²) < 4.78 is 26.2. The fourth-order valence-corrected chi connectivity index (χ4v) is 3.40. The molecule has 0 radical (unpaired) electrons. The van der Waals surface area contributed by atoms with Crippen molar-refractivity contribution in [2.75, 3.05) is 0 Å². The minimum atomic E-state index is -3.74. The predicted molar refractivity (Wildman–Crippen MR) is 80.9 cm³/mol. The quantitative estimate of drug-likeness (QED) is 0.846. The van der Waals surface area contributed by atoms with Crippen LogP contribution < -0.4 is 5.56 Å². The maximum atomic E-state index is 12.4. The molecular formula is C15H18N2O3S. The highest BCUT2D eigenvalue weighted by atomic mass is 32.2. The fourth-order valence-electron chi connectivity index (χ4n) is 2.03. The summed E-state index contributed by atoms with van der Waals surface area (Å²) in [5.41, 5.74) is 1.15. The van der Waals surface area contributed by atoms with E-state index in [2.05, 4.69) is 4.98 Å². The molecule has 0 saturated carbocycles. The van der Waals surface area contributed by atoms with Gasteiger partial charge < -0.3 is 4.57 Å². The van der Waals surface area contributed by atoms with E-state index in [1.807, 2.05) is 26.0 Å². The van der Waals surface area contributed by atoms with Gasteiger partial charge >= 0.3 is 0 Å². The van der Waals surface area contributed by atoms with Crippen molar-refractivity contribution in [2.45, 2.75) is 37.6 Å². The lowest BCUT2D eigenvalue weighted by Gasteiger charge is -2.07. The fraction of sp³-hybridized carbons (Fsp3) is 0.333. The Morgan fingerprint density at radius 1 is 1.19 bits per heavy atom. The van der Waals surface area contributed by atoms with Gasteiger partial charge in [0.15, 0.2) is 0 Å². The number of nitrogens with zero attached hydrogens (tertiary/aromatic N) is 2. The van der Waals surface area contributed by atoms with Gasteiger partial charge in [0.1, 0.15) is 0 Å². The van der Waals surface area contributed by atoms with Gasteiger partial charge in [-0.3, -0.25) is 4.79 Å². The van der Waals surface area contributed by atoms with E-state index in [1.165, 1.54) is 17.0 Å². The molecule has 5 nitrogen and oxygen atoms in total. The summed E-state index contributed by atoms with van der Waals surface area (Å²) in [6, 6.07) is 7.19. The van der Waals surface area contributed by atoms with E-state index in [1.54, 1.807) is 12.1 Å². The molecule has 2 rings (SSSR count). The van der Waals surface area contributed by atoms with Gasteiger partial charge in [-0.2, -0.15) is 0 Å². The molecule has 1 heterocycles. The Bertz CT molecular complexity index is 777. The standard InChI is InChI=1S/C15H18N2O3S/c1-3-9-17-10-8-16-14(15(17)18)21(19,20)11-13-6-4-12(2)5-7-13/h4-8,10H,3,9,11H2,1-2H3. The number of hydrogen-bond acceptors (Lipinski definition) is 4. The smallest absolute Gasteiger partial charge is 0.288 e. The monoisotopic (exact) mass is 306 g/mol. The maximum absolute atomic E-state index is 12.4. The Kier molecular flexibility index (Phi) is 4.57. The lowest BCUT2D eigenvalue weighted by atomic mass is 10.2. The minimum Gasteiger partial charge on any atom is -0.312 e. The van der Waals surface area contributed by atoms with E-state index in [4.69, 9.17) is 0 Å². The first kappa shape index (κ1) is 15.4. The molecule has 112 valence electrons. The number of rotatable bonds is 5. The molecule has 0 aliphatic heterocycles. The van der Waals surface area contributed by atoms with Crippen molar-refractivity contribution in [1.82, 2.24) is 9.55 Å². The van der Waals surface area contributed by atoms with E-state index in [9.17, 15) is 13.2 Å². The van der Waals surface area contributed by atoms with Crippen molar-refractivity contribution >= 4 is 9.84 Å². The van der Waals surface area contributed by atoms with Crippen LogP contribution in [0, 0.1) is 6.92 Å². The third kappa shape index (κ3) is 3.58. The number of benzene rings is 1. The van der Waals surface area contributed by atoms with E-state index >= 15 is 0 Å². The van der Waals surface area contributed by atoms with Crippen LogP contribution in [0.25, 0.3) is 0 Å². The Morgan fingerprint density at radius 2 is 1.86 bits per heavy atom. The molecule has 1 aromatic heterocycles. The van der Waals surface area contributed by atoms with Crippen LogP contribution in [0.2, 0.25) is 0 Å². The summed E-state index contributed by atoms with van der Waals surface area (Å²) in [6.07, 6.45) is 3.62. The van der Waals surface area contributed by atoms with E-state index in [0.29, 0.717) is 12.1 Å². The number of hydrogen-bond donors (Lipinski definition) is 0. The Hall–Kier alpha value is -1.95. The Labute approximate surface area is 124 Å². The zero-order valence-corrected chi connectivity index (χ0v) is 12.9. The average molecular weight is 306 g/mol. The van der Waals surface area contributed by atoms with Crippen LogP contribution in [0.4, 0.5) is 0 Å². The van der Waals surface area contributed by atoms with Gasteiger partial charge in [-0.25, -0.2) is 13.4 Å². The summed E-state index contributed by atoms with van der Waals surface area (Å²) in [4.78, 5) is 16.0. The van der Waals surface area contributed by atoms with Crippen LogP contribution in [0.15, 0.2) is 46.5 Å². The molecule has 0 aliphatic carbocycles. The van der Waals surface area contributed by atoms with Crippen LogP contribution >= 0.6 is 0 Å². The third-order valence-corrected chi connectivity index (χ3v) is 4.70. The number of aromatic nitrogens is 2. The summed E-state index contributed by atoms with van der Waals surface area (Å²) in [5.74, 6) is -0.217. The normalized spacial score (nSPS) is 11.5. The molecule has 0 spiro atoms. The molecule has 0 unspecified atom stereocenters. The zero-order chi connectivity index (χ0) is 15.5. The van der Waals surface area contributed by atoms with E-state index < -0.39 is 15.4 Å². The van der Waals surface area contributed by atoms with Gasteiger partial charge in [-0.15, -0.1) is 0 Å². The molecule has 0 fully saturated rings. The molecule has 0 atom stereocenters. The van der Waals surface area contributed by atoms with Crippen LogP contribution in [0.1, 0.15) is 24.5 Å². The lowest BCUT2D eigenvalue weighted by molar-refractivity contribution is 0.578. The molecule has 21 heavy (non-hydrogen) atoms. The van der Waals surface area contributed by atoms with Gasteiger partial charge in [-0.1, -0.05) is 36.8 Å². The molecule has 0 aliphatic rings. The molecule has 0 saturated heterocycles. The van der Waals surface area contributed by atoms with Gasteiger partial charge in [0.2, 0.25) is 14.9 Å². The summed E-state index contributed by atoms with van der Waals surface area (Å²) in [5, 5.41) is -0.376. The van der Waals surface area contributed by atoms with Crippen molar-refractivity contribution in [3.63, 3.8) is 0 Å². The second-order valence-electron chi connectivity index (χ2n) is 4.98. The first-order chi connectivity index (χ1) is 9.94. The SMILES string of the molecule is CCCn1ccnc(S(=O)(=O)Cc2ccc(C)cc2)c1=O. The molecule has 0 N–H and O–H groups in total. The first-order valence-electron chi connectivity index (χ1n) is 6.78. The van der Waals surface area contributed by atoms with Crippen molar-refractivity contribution in [3.05, 3.63) is 58.1 Å². The number of aryl methyl sites for hydroxylation is 2. The van der Waals surface area contributed by atoms with Crippen molar-refractivity contribution in [1.29, 1.82) is 0 Å². The van der Waals surface area contributed by atoms with E-state index in [0.717, 1.165) is 12.0 Å². The summed E-state index contributed by atoms with van der Waals surface area (Å²) in [7, 11) is -3.74. The topological polar surface area (TPSA) is 69.0 Å². The lowest BCUT2D eigenvalue weighted by Crippen LogP contribution is -2.27. The second kappa shape index (κ2) is 6.22. The van der Waals surface area contributed by atoms with Crippen LogP contribution in [-0.2, 0) is 22.1 Å². The molecule has 0 amide bonds. The minimum absolute atomic E-state index is 0.217. The van der Waals surface area contributed by atoms with Gasteiger partial charge in [-0.05, 0) is 18.9 Å². The average Bonchev–Trinajstić information content (AvgIpc) is 2.43. The predicted octanol–water partition coefficient (Wildman–Crippen LogP) is 1.94. The van der Waals surface area contributed by atoms with Crippen LogP contribution in [0.3, 0.4) is 0 Å². The second-order valence-corrected chi connectivity index (χ2v) is 6.88. The van der Waals surface area contributed by atoms with Gasteiger partial charge in [0.25, 0.3) is 5.56 Å². The number of sulfone groups is 1. The van der Waals surface area contributed by atoms with Crippen LogP contribution in [0.5, 0.6) is 0 Å². The Balaban J connectivity index is 2.38. The zero-order valence-electron chi connectivity index (χ0n) is 12.1. The summed E-state index contributed by atoms with van der Waals surface area (Å²) >= 11 is 0. The van der Waals surface area contributed by atoms with Crippen molar-refractivity contribution in [3.8, 4) is 0 Å². The molecule has 6 heteroatoms. The van der Waals surface area contributed by atoms with Crippen molar-refractivity contribution in [2.24, 2.45) is 0 Å². The maximum Gasteiger partial charge on any atom is 0.288 e. The largest absolute Gasteiger partial charge is 0.312 e. The van der Waals surface area contributed by atoms with Gasteiger partial charge in [0, 0.05) is 18.9 Å². The third-order valence-electron chi connectivity index (χ3n) is 3.12. The molecule has 2 aromatic rings. The highest BCUT2D eigenvalue weighted by Crippen LogP contribution is 2.12. The van der Waals surface area contributed by atoms with E-state index in [-0.39, 0.29) is 10.8 Å².